The molecular formula is C11H24N2OS. The maximum absolute atomic E-state index is 11.4. The Balaban J connectivity index is 3.11. The van der Waals surface area contributed by atoms with Gasteiger partial charge >= 0.3 is 0 Å². The summed E-state index contributed by atoms with van der Waals surface area (Å²) in [5, 5.41) is 3.18. The highest BCUT2D eigenvalue weighted by Gasteiger charge is 2.00. The average molecular weight is 232 g/mol. The third-order valence-electron chi connectivity index (χ3n) is 2.00. The first-order valence-corrected chi connectivity index (χ1v) is 6.97. The minimum Gasteiger partial charge on any atom is -0.329 e. The third kappa shape index (κ3) is 11.9. The normalized spacial score (nSPS) is 10.5. The van der Waals surface area contributed by atoms with Crippen LogP contribution in [0.3, 0.4) is 0 Å². The molecule has 0 heterocycles. The molecule has 3 nitrogen and oxygen atoms in total. The molecule has 0 radical (unpaired) electrons. The molecule has 0 unspecified atom stereocenters. The van der Waals surface area contributed by atoms with Crippen LogP contribution in [0.15, 0.2) is 0 Å². The molecule has 0 aliphatic carbocycles. The Morgan fingerprint density at radius 3 is 2.73 bits per heavy atom. The molecule has 0 aromatic carbocycles. The second-order valence-electron chi connectivity index (χ2n) is 3.54. The second kappa shape index (κ2) is 12.0. The van der Waals surface area contributed by atoms with E-state index in [4.69, 9.17) is 5.73 Å². The SMILES string of the molecule is CCCSCCC(=O)CCCNCCN. The van der Waals surface area contributed by atoms with Crippen LogP contribution >= 0.6 is 11.8 Å². The van der Waals surface area contributed by atoms with Gasteiger partial charge in [0.2, 0.25) is 0 Å². The van der Waals surface area contributed by atoms with Gasteiger partial charge < -0.3 is 11.1 Å². The number of nitrogens with two attached hydrogens (primary N) is 1. The van der Waals surface area contributed by atoms with E-state index in [-0.39, 0.29) is 0 Å². The summed E-state index contributed by atoms with van der Waals surface area (Å²) in [6.45, 7) is 4.59. The van der Waals surface area contributed by atoms with Gasteiger partial charge in [0.1, 0.15) is 5.78 Å². The van der Waals surface area contributed by atoms with Crippen LogP contribution in [0.4, 0.5) is 0 Å². The van der Waals surface area contributed by atoms with Crippen molar-refractivity contribution in [2.75, 3.05) is 31.1 Å². The number of rotatable bonds is 11. The van der Waals surface area contributed by atoms with Crippen LogP contribution in [-0.4, -0.2) is 36.9 Å². The summed E-state index contributed by atoms with van der Waals surface area (Å²) in [4.78, 5) is 11.4. The van der Waals surface area contributed by atoms with E-state index in [0.29, 0.717) is 18.7 Å². The van der Waals surface area contributed by atoms with Crippen LogP contribution in [0, 0.1) is 0 Å². The van der Waals surface area contributed by atoms with Gasteiger partial charge in [0.15, 0.2) is 0 Å². The van der Waals surface area contributed by atoms with Crippen molar-refractivity contribution in [3.05, 3.63) is 0 Å². The highest BCUT2D eigenvalue weighted by molar-refractivity contribution is 7.99. The van der Waals surface area contributed by atoms with Crippen LogP contribution < -0.4 is 11.1 Å². The third-order valence-corrected chi connectivity index (χ3v) is 3.19. The van der Waals surface area contributed by atoms with E-state index < -0.39 is 0 Å². The van der Waals surface area contributed by atoms with E-state index in [1.54, 1.807) is 0 Å². The lowest BCUT2D eigenvalue weighted by molar-refractivity contribution is -0.118. The van der Waals surface area contributed by atoms with E-state index in [2.05, 4.69) is 12.2 Å². The molecule has 0 fully saturated rings. The van der Waals surface area contributed by atoms with Gasteiger partial charge in [0, 0.05) is 31.7 Å². The topological polar surface area (TPSA) is 55.1 Å². The zero-order chi connectivity index (χ0) is 11.4. The Labute approximate surface area is 97.6 Å². The smallest absolute Gasteiger partial charge is 0.133 e. The van der Waals surface area contributed by atoms with E-state index in [0.717, 1.165) is 31.7 Å². The molecule has 4 heteroatoms. The average Bonchev–Trinajstić information content (AvgIpc) is 2.24. The number of nitrogens with one attached hydrogen (secondary N) is 1. The Kier molecular flexibility index (Phi) is 12.0. The number of hydrogen-bond acceptors (Lipinski definition) is 4. The van der Waals surface area contributed by atoms with Crippen molar-refractivity contribution >= 4 is 17.5 Å². The number of ketones is 1. The fourth-order valence-corrected chi connectivity index (χ4v) is 2.06. The van der Waals surface area contributed by atoms with Crippen LogP contribution in [0.5, 0.6) is 0 Å². The van der Waals surface area contributed by atoms with Crippen LogP contribution in [-0.2, 0) is 4.79 Å². The summed E-state index contributed by atoms with van der Waals surface area (Å²) >= 11 is 1.88. The van der Waals surface area contributed by atoms with Crippen molar-refractivity contribution in [3.63, 3.8) is 0 Å². The van der Waals surface area contributed by atoms with Crippen molar-refractivity contribution in [3.8, 4) is 0 Å². The fraction of sp³-hybridized carbons (Fsp3) is 0.909. The quantitative estimate of drug-likeness (QED) is 0.529. The largest absolute Gasteiger partial charge is 0.329 e. The molecule has 0 bridgehead atoms. The molecule has 0 aromatic rings. The summed E-state index contributed by atoms with van der Waals surface area (Å²) in [6, 6.07) is 0. The van der Waals surface area contributed by atoms with Gasteiger partial charge in [-0.3, -0.25) is 4.79 Å². The first-order chi connectivity index (χ1) is 7.31. The molecule has 0 aromatic heterocycles. The van der Waals surface area contributed by atoms with Gasteiger partial charge in [-0.25, -0.2) is 0 Å². The number of carbonyl (C=O) groups excluding carboxylic acids is 1. The van der Waals surface area contributed by atoms with Crippen LogP contribution in [0.2, 0.25) is 0 Å². The van der Waals surface area contributed by atoms with Gasteiger partial charge in [0.25, 0.3) is 0 Å². The van der Waals surface area contributed by atoms with Crippen molar-refractivity contribution in [1.29, 1.82) is 0 Å². The van der Waals surface area contributed by atoms with E-state index in [9.17, 15) is 4.79 Å². The van der Waals surface area contributed by atoms with Gasteiger partial charge in [0.05, 0.1) is 0 Å². The first kappa shape index (κ1) is 14.9. The molecule has 15 heavy (non-hydrogen) atoms. The van der Waals surface area contributed by atoms with E-state index in [1.165, 1.54) is 12.2 Å². The molecule has 3 N–H and O–H groups in total. The zero-order valence-corrected chi connectivity index (χ0v) is 10.6. The van der Waals surface area contributed by atoms with Crippen LogP contribution in [0.25, 0.3) is 0 Å². The number of thioether (sulfide) groups is 1. The summed E-state index contributed by atoms with van der Waals surface area (Å²) < 4.78 is 0. The Morgan fingerprint density at radius 1 is 1.27 bits per heavy atom. The molecule has 0 saturated heterocycles. The highest BCUT2D eigenvalue weighted by Crippen LogP contribution is 2.06. The molecule has 0 saturated carbocycles. The summed E-state index contributed by atoms with van der Waals surface area (Å²) in [5.41, 5.74) is 5.33. The lowest BCUT2D eigenvalue weighted by Crippen LogP contribution is -2.23. The first-order valence-electron chi connectivity index (χ1n) is 5.81. The van der Waals surface area contributed by atoms with Gasteiger partial charge in [-0.05, 0) is 25.1 Å². The Bertz CT molecular complexity index is 154. The lowest BCUT2D eigenvalue weighted by atomic mass is 10.2. The van der Waals surface area contributed by atoms with Crippen molar-refractivity contribution in [2.24, 2.45) is 5.73 Å². The molecule has 0 aliphatic heterocycles. The minimum atomic E-state index is 0.396. The molecule has 0 spiro atoms. The standard InChI is InChI=1S/C11H24N2OS/c1-2-9-15-10-5-11(14)4-3-7-13-8-6-12/h13H,2-10,12H2,1H3. The van der Waals surface area contributed by atoms with Gasteiger partial charge in [-0.15, -0.1) is 0 Å². The van der Waals surface area contributed by atoms with E-state index >= 15 is 0 Å². The zero-order valence-electron chi connectivity index (χ0n) is 9.76. The van der Waals surface area contributed by atoms with Crippen LogP contribution in [0.1, 0.15) is 32.6 Å². The predicted octanol–water partition coefficient (Wildman–Crippen LogP) is 1.42. The molecule has 90 valence electrons. The summed E-state index contributed by atoms with van der Waals surface area (Å²) in [5.74, 6) is 2.56. The number of carbonyl (C=O) groups is 1. The predicted molar refractivity (Wildman–Crippen MR) is 68.4 cm³/mol. The highest BCUT2D eigenvalue weighted by atomic mass is 32.2. The van der Waals surface area contributed by atoms with Crippen molar-refractivity contribution in [2.45, 2.75) is 32.6 Å². The monoisotopic (exact) mass is 232 g/mol. The fourth-order valence-electron chi connectivity index (χ4n) is 1.20. The number of Topliss-reactive ketones (excluding diaryl/α,β-unsaturated/α-hetero) is 1. The molecule has 0 aliphatic rings. The Morgan fingerprint density at radius 2 is 2.07 bits per heavy atom. The minimum absolute atomic E-state index is 0.396. The van der Waals surface area contributed by atoms with E-state index in [1.807, 2.05) is 11.8 Å². The lowest BCUT2D eigenvalue weighted by Gasteiger charge is -2.02. The molecule has 0 rings (SSSR count). The van der Waals surface area contributed by atoms with Crippen molar-refractivity contribution in [1.82, 2.24) is 5.32 Å². The van der Waals surface area contributed by atoms with Gasteiger partial charge in [-0.2, -0.15) is 11.8 Å². The maximum atomic E-state index is 11.4. The number of hydrogen-bond donors (Lipinski definition) is 2. The van der Waals surface area contributed by atoms with Crippen molar-refractivity contribution < 1.29 is 4.79 Å². The molecule has 0 amide bonds. The second-order valence-corrected chi connectivity index (χ2v) is 4.77. The van der Waals surface area contributed by atoms with Gasteiger partial charge in [-0.1, -0.05) is 6.92 Å². The maximum Gasteiger partial charge on any atom is 0.133 e. The summed E-state index contributed by atoms with van der Waals surface area (Å²) in [7, 11) is 0. The molecular weight excluding hydrogens is 208 g/mol. The Hall–Kier alpha value is -0.0600. The summed E-state index contributed by atoms with van der Waals surface area (Å²) in [6.07, 6.45) is 3.59. The molecule has 0 atom stereocenters.